The standard InChI is InChI=1S/C25H32N2O6/c1-17(32-16-19-13-9-6-10-14-19)21(27-24(31)33-25(2,3)4)22(28)26-20(23(29)30)15-18-11-7-5-8-12-18/h5-14,17,20-21H,15-16H2,1-4H3,(H,26,28)(H,27,31)(H,29,30)/t17-,20-,21+/m0/s1. The minimum atomic E-state index is -1.18. The molecule has 0 radical (unpaired) electrons. The Morgan fingerprint density at radius 2 is 1.45 bits per heavy atom. The summed E-state index contributed by atoms with van der Waals surface area (Å²) in [5, 5.41) is 14.7. The summed E-state index contributed by atoms with van der Waals surface area (Å²) in [4.78, 5) is 37.2. The molecule has 2 amide bonds. The first kappa shape index (κ1) is 25.9. The van der Waals surface area contributed by atoms with Gasteiger partial charge in [-0.15, -0.1) is 0 Å². The van der Waals surface area contributed by atoms with Gasteiger partial charge in [-0.25, -0.2) is 9.59 Å². The van der Waals surface area contributed by atoms with Gasteiger partial charge in [0, 0.05) is 6.42 Å². The average molecular weight is 457 g/mol. The van der Waals surface area contributed by atoms with E-state index in [1.807, 2.05) is 36.4 Å². The molecule has 0 aliphatic carbocycles. The summed E-state index contributed by atoms with van der Waals surface area (Å²) in [7, 11) is 0. The first-order valence-corrected chi connectivity index (χ1v) is 10.8. The molecule has 0 aromatic heterocycles. The number of hydrogen-bond donors (Lipinski definition) is 3. The van der Waals surface area contributed by atoms with E-state index in [9.17, 15) is 19.5 Å². The lowest BCUT2D eigenvalue weighted by Gasteiger charge is -2.28. The molecule has 0 spiro atoms. The molecule has 2 aromatic rings. The maximum atomic E-state index is 13.1. The van der Waals surface area contributed by atoms with E-state index < -0.39 is 41.8 Å². The quantitative estimate of drug-likeness (QED) is 0.506. The van der Waals surface area contributed by atoms with Crippen LogP contribution in [0.15, 0.2) is 60.7 Å². The van der Waals surface area contributed by atoms with Crippen molar-refractivity contribution < 1.29 is 29.0 Å². The Balaban J connectivity index is 2.13. The summed E-state index contributed by atoms with van der Waals surface area (Å²) in [6.45, 7) is 6.97. The first-order chi connectivity index (χ1) is 15.5. The smallest absolute Gasteiger partial charge is 0.408 e. The van der Waals surface area contributed by atoms with E-state index in [1.165, 1.54) is 0 Å². The van der Waals surface area contributed by atoms with Gasteiger partial charge >= 0.3 is 12.1 Å². The molecule has 33 heavy (non-hydrogen) atoms. The van der Waals surface area contributed by atoms with Crippen molar-refractivity contribution in [3.63, 3.8) is 0 Å². The van der Waals surface area contributed by atoms with Gasteiger partial charge in [-0.2, -0.15) is 0 Å². The highest BCUT2D eigenvalue weighted by Gasteiger charge is 2.32. The number of ether oxygens (including phenoxy) is 2. The van der Waals surface area contributed by atoms with Crippen molar-refractivity contribution >= 4 is 18.0 Å². The molecule has 0 aliphatic rings. The van der Waals surface area contributed by atoms with Crippen molar-refractivity contribution in [1.29, 1.82) is 0 Å². The number of alkyl carbamates (subject to hydrolysis) is 1. The Morgan fingerprint density at radius 1 is 0.909 bits per heavy atom. The van der Waals surface area contributed by atoms with Gasteiger partial charge in [-0.05, 0) is 38.8 Å². The van der Waals surface area contributed by atoms with Crippen LogP contribution >= 0.6 is 0 Å². The molecular weight excluding hydrogens is 424 g/mol. The van der Waals surface area contributed by atoms with Gasteiger partial charge in [0.25, 0.3) is 0 Å². The monoisotopic (exact) mass is 456 g/mol. The fourth-order valence-electron chi connectivity index (χ4n) is 3.04. The number of benzene rings is 2. The van der Waals surface area contributed by atoms with Crippen molar-refractivity contribution in [2.75, 3.05) is 0 Å². The number of hydrogen-bond acceptors (Lipinski definition) is 5. The zero-order valence-corrected chi connectivity index (χ0v) is 19.4. The Kier molecular flexibility index (Phi) is 9.42. The Hall–Kier alpha value is -3.39. The number of carbonyl (C=O) groups is 3. The highest BCUT2D eigenvalue weighted by molar-refractivity contribution is 5.89. The zero-order valence-electron chi connectivity index (χ0n) is 19.4. The van der Waals surface area contributed by atoms with Crippen LogP contribution in [0.1, 0.15) is 38.8 Å². The molecule has 8 nitrogen and oxygen atoms in total. The minimum Gasteiger partial charge on any atom is -0.480 e. The van der Waals surface area contributed by atoms with Gasteiger partial charge in [0.15, 0.2) is 0 Å². The third-order valence-electron chi connectivity index (χ3n) is 4.68. The summed E-state index contributed by atoms with van der Waals surface area (Å²) < 4.78 is 11.1. The van der Waals surface area contributed by atoms with Gasteiger partial charge in [-0.1, -0.05) is 60.7 Å². The summed E-state index contributed by atoms with van der Waals surface area (Å²) in [5.74, 6) is -1.86. The van der Waals surface area contributed by atoms with Crippen LogP contribution in [0.3, 0.4) is 0 Å². The van der Waals surface area contributed by atoms with Crippen LogP contribution < -0.4 is 10.6 Å². The molecule has 8 heteroatoms. The molecule has 3 atom stereocenters. The Labute approximate surface area is 194 Å². The molecule has 0 bridgehead atoms. The van der Waals surface area contributed by atoms with E-state index in [-0.39, 0.29) is 13.0 Å². The zero-order chi connectivity index (χ0) is 24.4. The van der Waals surface area contributed by atoms with Crippen molar-refractivity contribution in [3.05, 3.63) is 71.8 Å². The number of aliphatic carboxylic acids is 1. The summed E-state index contributed by atoms with van der Waals surface area (Å²) in [6.07, 6.45) is -1.46. The van der Waals surface area contributed by atoms with E-state index in [2.05, 4.69) is 10.6 Å². The van der Waals surface area contributed by atoms with E-state index in [4.69, 9.17) is 9.47 Å². The molecule has 0 unspecified atom stereocenters. The van der Waals surface area contributed by atoms with Crippen LogP contribution in [-0.2, 0) is 32.1 Å². The van der Waals surface area contributed by atoms with Crippen molar-refractivity contribution in [3.8, 4) is 0 Å². The molecular formula is C25H32N2O6. The highest BCUT2D eigenvalue weighted by Crippen LogP contribution is 2.11. The van der Waals surface area contributed by atoms with Crippen LogP contribution in [-0.4, -0.2) is 46.9 Å². The summed E-state index contributed by atoms with van der Waals surface area (Å²) >= 11 is 0. The van der Waals surface area contributed by atoms with Gasteiger partial charge in [-0.3, -0.25) is 4.79 Å². The first-order valence-electron chi connectivity index (χ1n) is 10.8. The van der Waals surface area contributed by atoms with E-state index >= 15 is 0 Å². The Bertz CT molecular complexity index is 911. The summed E-state index contributed by atoms with van der Waals surface area (Å²) in [5.41, 5.74) is 0.888. The molecule has 178 valence electrons. The molecule has 0 heterocycles. The molecule has 2 aromatic carbocycles. The van der Waals surface area contributed by atoms with Crippen LogP contribution in [0.5, 0.6) is 0 Å². The van der Waals surface area contributed by atoms with Crippen LogP contribution in [0.2, 0.25) is 0 Å². The predicted molar refractivity (Wildman–Crippen MR) is 124 cm³/mol. The number of amides is 2. The normalized spacial score (nSPS) is 13.9. The number of nitrogens with one attached hydrogen (secondary N) is 2. The molecule has 3 N–H and O–H groups in total. The maximum absolute atomic E-state index is 13.1. The van der Waals surface area contributed by atoms with Gasteiger partial charge < -0.3 is 25.2 Å². The predicted octanol–water partition coefficient (Wildman–Crippen LogP) is 3.30. The lowest BCUT2D eigenvalue weighted by molar-refractivity contribution is -0.142. The molecule has 0 saturated carbocycles. The number of carbonyl (C=O) groups excluding carboxylic acids is 2. The van der Waals surface area contributed by atoms with Gasteiger partial charge in [0.2, 0.25) is 5.91 Å². The van der Waals surface area contributed by atoms with Crippen LogP contribution in [0.25, 0.3) is 0 Å². The summed E-state index contributed by atoms with van der Waals surface area (Å²) in [6, 6.07) is 16.0. The van der Waals surface area contributed by atoms with E-state index in [0.717, 1.165) is 11.1 Å². The van der Waals surface area contributed by atoms with Crippen LogP contribution in [0, 0.1) is 0 Å². The fourth-order valence-corrected chi connectivity index (χ4v) is 3.04. The topological polar surface area (TPSA) is 114 Å². The van der Waals surface area contributed by atoms with Crippen molar-refractivity contribution in [2.45, 2.75) is 64.5 Å². The lowest BCUT2D eigenvalue weighted by atomic mass is 10.0. The third kappa shape index (κ3) is 9.33. The van der Waals surface area contributed by atoms with Crippen LogP contribution in [0.4, 0.5) is 4.79 Å². The molecule has 2 rings (SSSR count). The lowest BCUT2D eigenvalue weighted by Crippen LogP contribution is -2.57. The van der Waals surface area contributed by atoms with E-state index in [1.54, 1.807) is 52.0 Å². The molecule has 0 fully saturated rings. The second-order valence-corrected chi connectivity index (χ2v) is 8.71. The highest BCUT2D eigenvalue weighted by atomic mass is 16.6. The largest absolute Gasteiger partial charge is 0.480 e. The van der Waals surface area contributed by atoms with Gasteiger partial charge in [0.05, 0.1) is 12.7 Å². The average Bonchev–Trinajstić information content (AvgIpc) is 2.75. The van der Waals surface area contributed by atoms with Crippen molar-refractivity contribution in [1.82, 2.24) is 10.6 Å². The number of carboxylic acids is 1. The second kappa shape index (κ2) is 12.0. The molecule has 0 saturated heterocycles. The van der Waals surface area contributed by atoms with E-state index in [0.29, 0.717) is 0 Å². The minimum absolute atomic E-state index is 0.0975. The number of rotatable bonds is 10. The fraction of sp³-hybridized carbons (Fsp3) is 0.400. The number of carboxylic acid groups (broad SMARTS) is 1. The van der Waals surface area contributed by atoms with Gasteiger partial charge in [0.1, 0.15) is 17.7 Å². The third-order valence-corrected chi connectivity index (χ3v) is 4.68. The molecule has 0 aliphatic heterocycles. The van der Waals surface area contributed by atoms with Crippen molar-refractivity contribution in [2.24, 2.45) is 0 Å². The SMILES string of the molecule is C[C@H](OCc1ccccc1)[C@@H](NC(=O)OC(C)(C)C)C(=O)N[C@@H](Cc1ccccc1)C(=O)O. The second-order valence-electron chi connectivity index (χ2n) is 8.71. The maximum Gasteiger partial charge on any atom is 0.408 e. The Morgan fingerprint density at radius 3 is 1.97 bits per heavy atom.